The number of benzene rings is 1. The van der Waals surface area contributed by atoms with Crippen molar-refractivity contribution >= 4 is 34.0 Å². The summed E-state index contributed by atoms with van der Waals surface area (Å²) in [6.45, 7) is 0.995. The zero-order chi connectivity index (χ0) is 10.8. The van der Waals surface area contributed by atoms with Gasteiger partial charge in [-0.15, -0.1) is 12.4 Å². The lowest BCUT2D eigenvalue weighted by Gasteiger charge is -2.10. The first-order valence-electron chi connectivity index (χ1n) is 4.85. The van der Waals surface area contributed by atoms with Crippen LogP contribution in [0.2, 0.25) is 0 Å². The van der Waals surface area contributed by atoms with Crippen molar-refractivity contribution in [2.24, 2.45) is 0 Å². The summed E-state index contributed by atoms with van der Waals surface area (Å²) in [6, 6.07) is 5.59. The van der Waals surface area contributed by atoms with Crippen LogP contribution in [-0.2, 0) is 0 Å². The molecule has 0 amide bonds. The lowest BCUT2D eigenvalue weighted by molar-refractivity contribution is -0.385. The number of halogens is 2. The molecule has 6 heteroatoms. The van der Waals surface area contributed by atoms with E-state index in [-0.39, 0.29) is 29.1 Å². The molecule has 0 aliphatic carbocycles. The van der Waals surface area contributed by atoms with Gasteiger partial charge in [0.15, 0.2) is 0 Å². The molecule has 1 N–H and O–H groups in total. The molecular formula is C10H12BrClN2O2. The zero-order valence-corrected chi connectivity index (χ0v) is 10.9. The number of rotatable bonds is 2. The predicted molar refractivity (Wildman–Crippen MR) is 68.0 cm³/mol. The van der Waals surface area contributed by atoms with Gasteiger partial charge in [-0.2, -0.15) is 0 Å². The minimum atomic E-state index is -0.359. The number of nitrogens with zero attached hydrogens (tertiary/aromatic N) is 1. The van der Waals surface area contributed by atoms with Crippen LogP contribution < -0.4 is 5.32 Å². The minimum absolute atomic E-state index is 0. The number of hydrogen-bond donors (Lipinski definition) is 1. The van der Waals surface area contributed by atoms with Crippen LogP contribution in [0, 0.1) is 10.1 Å². The molecule has 0 saturated carbocycles. The molecule has 1 saturated heterocycles. The molecule has 0 unspecified atom stereocenters. The summed E-state index contributed by atoms with van der Waals surface area (Å²) in [7, 11) is 0. The van der Waals surface area contributed by atoms with Gasteiger partial charge in [-0.3, -0.25) is 10.1 Å². The van der Waals surface area contributed by atoms with Crippen LogP contribution in [0.1, 0.15) is 24.4 Å². The second-order valence-electron chi connectivity index (χ2n) is 3.62. The van der Waals surface area contributed by atoms with Gasteiger partial charge in [-0.25, -0.2) is 0 Å². The summed E-state index contributed by atoms with van der Waals surface area (Å²) >= 11 is 3.18. The topological polar surface area (TPSA) is 55.2 Å². The van der Waals surface area contributed by atoms with Crippen molar-refractivity contribution in [3.8, 4) is 0 Å². The van der Waals surface area contributed by atoms with Crippen molar-refractivity contribution in [1.29, 1.82) is 0 Å². The van der Waals surface area contributed by atoms with E-state index < -0.39 is 0 Å². The number of hydrogen-bond acceptors (Lipinski definition) is 3. The van der Waals surface area contributed by atoms with Crippen LogP contribution >= 0.6 is 28.3 Å². The van der Waals surface area contributed by atoms with Gasteiger partial charge >= 0.3 is 0 Å². The molecule has 1 heterocycles. The normalized spacial score (nSPS) is 19.2. The maximum absolute atomic E-state index is 10.7. The molecule has 16 heavy (non-hydrogen) atoms. The zero-order valence-electron chi connectivity index (χ0n) is 8.48. The lowest BCUT2D eigenvalue weighted by atomic mass is 10.1. The van der Waals surface area contributed by atoms with Gasteiger partial charge in [0.2, 0.25) is 0 Å². The van der Waals surface area contributed by atoms with E-state index in [2.05, 4.69) is 21.2 Å². The second kappa shape index (κ2) is 5.61. The van der Waals surface area contributed by atoms with Gasteiger partial charge < -0.3 is 5.32 Å². The van der Waals surface area contributed by atoms with Gasteiger partial charge in [-0.05, 0) is 46.9 Å². The Kier molecular flexibility index (Phi) is 4.70. The Bertz CT molecular complexity index is 394. The Labute approximate surface area is 108 Å². The maximum atomic E-state index is 10.7. The molecule has 1 aromatic rings. The summed E-state index contributed by atoms with van der Waals surface area (Å²) in [4.78, 5) is 10.4. The van der Waals surface area contributed by atoms with E-state index in [0.717, 1.165) is 24.9 Å². The molecule has 1 fully saturated rings. The molecule has 0 aromatic heterocycles. The first-order chi connectivity index (χ1) is 7.18. The summed E-state index contributed by atoms with van der Waals surface area (Å²) in [5, 5.41) is 14.1. The molecule has 4 nitrogen and oxygen atoms in total. The predicted octanol–water partition coefficient (Wildman–Crippen LogP) is 3.20. The van der Waals surface area contributed by atoms with Gasteiger partial charge in [0.25, 0.3) is 5.69 Å². The molecule has 2 rings (SSSR count). The summed E-state index contributed by atoms with van der Waals surface area (Å²) in [6.07, 6.45) is 2.19. The second-order valence-corrected chi connectivity index (χ2v) is 4.47. The Morgan fingerprint density at radius 2 is 2.25 bits per heavy atom. The summed E-state index contributed by atoms with van der Waals surface area (Å²) in [5.41, 5.74) is 1.14. The number of nitro groups is 1. The van der Waals surface area contributed by atoms with Gasteiger partial charge in [0.1, 0.15) is 0 Å². The van der Waals surface area contributed by atoms with Crippen molar-refractivity contribution in [3.63, 3.8) is 0 Å². The van der Waals surface area contributed by atoms with Crippen LogP contribution in [-0.4, -0.2) is 11.5 Å². The van der Waals surface area contributed by atoms with Crippen LogP contribution in [0.15, 0.2) is 22.7 Å². The number of nitrogens with one attached hydrogen (secondary N) is 1. The highest BCUT2D eigenvalue weighted by Crippen LogP contribution is 2.30. The standard InChI is InChI=1S/C10H11BrN2O2.ClH/c11-8-4-3-7(6-10(8)13(14)15)9-2-1-5-12-9;/h3-4,6,9,12H,1-2,5H2;1H/t9-;/m1./s1. The van der Waals surface area contributed by atoms with Crippen molar-refractivity contribution < 1.29 is 4.92 Å². The SMILES string of the molecule is Cl.O=[N+]([O-])c1cc([C@H]2CCCN2)ccc1Br. The third-order valence-electron chi connectivity index (χ3n) is 2.63. The third-order valence-corrected chi connectivity index (χ3v) is 3.30. The van der Waals surface area contributed by atoms with Crippen molar-refractivity contribution in [1.82, 2.24) is 5.32 Å². The molecule has 1 atom stereocenters. The molecule has 88 valence electrons. The summed E-state index contributed by atoms with van der Waals surface area (Å²) in [5.74, 6) is 0. The summed E-state index contributed by atoms with van der Waals surface area (Å²) < 4.78 is 0.536. The molecular weight excluding hydrogens is 295 g/mol. The van der Waals surface area contributed by atoms with E-state index in [1.165, 1.54) is 0 Å². The molecule has 1 aromatic carbocycles. The highest BCUT2D eigenvalue weighted by Gasteiger charge is 2.20. The fraction of sp³-hybridized carbons (Fsp3) is 0.400. The smallest absolute Gasteiger partial charge is 0.283 e. The van der Waals surface area contributed by atoms with Gasteiger partial charge in [0, 0.05) is 12.1 Å². The third kappa shape index (κ3) is 2.72. The maximum Gasteiger partial charge on any atom is 0.283 e. The first-order valence-corrected chi connectivity index (χ1v) is 5.65. The van der Waals surface area contributed by atoms with Crippen LogP contribution in [0.5, 0.6) is 0 Å². The van der Waals surface area contributed by atoms with Crippen molar-refractivity contribution in [2.45, 2.75) is 18.9 Å². The van der Waals surface area contributed by atoms with Gasteiger partial charge in [0.05, 0.1) is 9.40 Å². The highest BCUT2D eigenvalue weighted by atomic mass is 79.9. The Morgan fingerprint density at radius 3 is 2.81 bits per heavy atom. The molecule has 0 bridgehead atoms. The van der Waals surface area contributed by atoms with E-state index >= 15 is 0 Å². The van der Waals surface area contributed by atoms with E-state index in [4.69, 9.17) is 0 Å². The molecule has 0 spiro atoms. The minimum Gasteiger partial charge on any atom is -0.310 e. The van der Waals surface area contributed by atoms with E-state index in [9.17, 15) is 10.1 Å². The van der Waals surface area contributed by atoms with Crippen molar-refractivity contribution in [2.75, 3.05) is 6.54 Å². The lowest BCUT2D eigenvalue weighted by Crippen LogP contribution is -2.12. The van der Waals surface area contributed by atoms with Gasteiger partial charge in [-0.1, -0.05) is 6.07 Å². The average Bonchev–Trinajstić information content (AvgIpc) is 2.71. The quantitative estimate of drug-likeness (QED) is 0.674. The Balaban J connectivity index is 0.00000128. The van der Waals surface area contributed by atoms with E-state index in [1.807, 2.05) is 6.07 Å². The largest absolute Gasteiger partial charge is 0.310 e. The average molecular weight is 308 g/mol. The molecule has 0 radical (unpaired) electrons. The molecule has 1 aliphatic rings. The fourth-order valence-electron chi connectivity index (χ4n) is 1.86. The van der Waals surface area contributed by atoms with Crippen molar-refractivity contribution in [3.05, 3.63) is 38.3 Å². The fourth-order valence-corrected chi connectivity index (χ4v) is 2.25. The Morgan fingerprint density at radius 1 is 1.50 bits per heavy atom. The van der Waals surface area contributed by atoms with Crippen LogP contribution in [0.25, 0.3) is 0 Å². The van der Waals surface area contributed by atoms with Crippen LogP contribution in [0.4, 0.5) is 5.69 Å². The molecule has 1 aliphatic heterocycles. The van der Waals surface area contributed by atoms with E-state index in [0.29, 0.717) is 4.47 Å². The highest BCUT2D eigenvalue weighted by molar-refractivity contribution is 9.10. The first kappa shape index (κ1) is 13.4. The monoisotopic (exact) mass is 306 g/mol. The van der Waals surface area contributed by atoms with Crippen LogP contribution in [0.3, 0.4) is 0 Å². The number of nitro benzene ring substituents is 1. The van der Waals surface area contributed by atoms with E-state index in [1.54, 1.807) is 12.1 Å². The Hall–Kier alpha value is -0.650.